The van der Waals surface area contributed by atoms with E-state index >= 15 is 0 Å². The van der Waals surface area contributed by atoms with Gasteiger partial charge in [-0.2, -0.15) is 9.40 Å². The zero-order valence-corrected chi connectivity index (χ0v) is 12.2. The number of rotatable bonds is 5. The SMILES string of the molecule is COCCn1cc(S(=O)(=O)N2CC(O)C3(CC3)C2)cn1. The van der Waals surface area contributed by atoms with Crippen molar-refractivity contribution in [3.05, 3.63) is 12.4 Å². The first-order chi connectivity index (χ1) is 9.48. The minimum Gasteiger partial charge on any atom is -0.391 e. The van der Waals surface area contributed by atoms with Gasteiger partial charge in [0, 0.05) is 31.8 Å². The minimum absolute atomic E-state index is 0.179. The second kappa shape index (κ2) is 4.80. The molecule has 2 fully saturated rings. The van der Waals surface area contributed by atoms with Crippen LogP contribution in [0.3, 0.4) is 0 Å². The molecule has 7 nitrogen and oxygen atoms in total. The Kier molecular flexibility index (Phi) is 3.36. The number of aliphatic hydroxyl groups is 1. The fraction of sp³-hybridized carbons (Fsp3) is 0.750. The van der Waals surface area contributed by atoms with Gasteiger partial charge in [0.1, 0.15) is 4.90 Å². The molecule has 20 heavy (non-hydrogen) atoms. The number of ether oxygens (including phenoxy) is 1. The second-order valence-electron chi connectivity index (χ2n) is 5.61. The fourth-order valence-electron chi connectivity index (χ4n) is 2.68. The Morgan fingerprint density at radius 2 is 2.30 bits per heavy atom. The molecule has 1 N–H and O–H groups in total. The Balaban J connectivity index is 1.76. The van der Waals surface area contributed by atoms with Crippen molar-refractivity contribution >= 4 is 10.0 Å². The highest BCUT2D eigenvalue weighted by molar-refractivity contribution is 7.89. The van der Waals surface area contributed by atoms with Crippen molar-refractivity contribution in [3.63, 3.8) is 0 Å². The topological polar surface area (TPSA) is 84.7 Å². The zero-order chi connectivity index (χ0) is 14.4. The Morgan fingerprint density at radius 1 is 1.55 bits per heavy atom. The van der Waals surface area contributed by atoms with Crippen molar-refractivity contribution in [2.45, 2.75) is 30.4 Å². The maximum absolute atomic E-state index is 12.5. The molecule has 1 saturated carbocycles. The van der Waals surface area contributed by atoms with Crippen molar-refractivity contribution in [1.29, 1.82) is 0 Å². The van der Waals surface area contributed by atoms with Crippen LogP contribution in [0.4, 0.5) is 0 Å². The number of hydrogen-bond donors (Lipinski definition) is 1. The quantitative estimate of drug-likeness (QED) is 0.805. The molecule has 8 heteroatoms. The number of hydrogen-bond acceptors (Lipinski definition) is 5. The molecule has 1 aromatic rings. The van der Waals surface area contributed by atoms with Crippen LogP contribution >= 0.6 is 0 Å². The van der Waals surface area contributed by atoms with Crippen molar-refractivity contribution in [2.75, 3.05) is 26.8 Å². The first-order valence-electron chi connectivity index (χ1n) is 6.68. The minimum atomic E-state index is -3.56. The van der Waals surface area contributed by atoms with Gasteiger partial charge in [-0.25, -0.2) is 8.42 Å². The predicted octanol–water partition coefficient (Wildman–Crippen LogP) is -0.325. The number of sulfonamides is 1. The molecule has 1 aromatic heterocycles. The Morgan fingerprint density at radius 3 is 2.90 bits per heavy atom. The lowest BCUT2D eigenvalue weighted by Gasteiger charge is -2.14. The predicted molar refractivity (Wildman–Crippen MR) is 70.5 cm³/mol. The van der Waals surface area contributed by atoms with Crippen molar-refractivity contribution in [1.82, 2.24) is 14.1 Å². The Bertz CT molecular complexity index is 594. The Labute approximate surface area is 118 Å². The first kappa shape index (κ1) is 14.0. The van der Waals surface area contributed by atoms with Crippen LogP contribution in [0.15, 0.2) is 17.3 Å². The van der Waals surface area contributed by atoms with Gasteiger partial charge in [0.15, 0.2) is 0 Å². The maximum Gasteiger partial charge on any atom is 0.246 e. The number of aliphatic hydroxyl groups excluding tert-OH is 1. The van der Waals surface area contributed by atoms with Crippen LogP contribution in [0.25, 0.3) is 0 Å². The van der Waals surface area contributed by atoms with Crippen LogP contribution < -0.4 is 0 Å². The van der Waals surface area contributed by atoms with E-state index in [9.17, 15) is 13.5 Å². The smallest absolute Gasteiger partial charge is 0.246 e. The molecule has 1 atom stereocenters. The summed E-state index contributed by atoms with van der Waals surface area (Å²) in [5.41, 5.74) is -0.181. The van der Waals surface area contributed by atoms with Gasteiger partial charge in [0.2, 0.25) is 10.0 Å². The van der Waals surface area contributed by atoms with E-state index in [4.69, 9.17) is 4.74 Å². The molecule has 0 radical (unpaired) electrons. The first-order valence-corrected chi connectivity index (χ1v) is 8.12. The molecule has 112 valence electrons. The van der Waals surface area contributed by atoms with Gasteiger partial charge in [-0.1, -0.05) is 0 Å². The molecule has 3 rings (SSSR count). The summed E-state index contributed by atoms with van der Waals surface area (Å²) in [5, 5.41) is 14.0. The number of methoxy groups -OCH3 is 1. The fourth-order valence-corrected chi connectivity index (χ4v) is 4.17. The van der Waals surface area contributed by atoms with E-state index in [1.807, 2.05) is 0 Å². The highest BCUT2D eigenvalue weighted by atomic mass is 32.2. The highest BCUT2D eigenvalue weighted by Crippen LogP contribution is 2.53. The van der Waals surface area contributed by atoms with Gasteiger partial charge in [0.05, 0.1) is 25.5 Å². The molecule has 0 bridgehead atoms. The summed E-state index contributed by atoms with van der Waals surface area (Å²) in [6.07, 6.45) is 4.15. The molecule has 1 unspecified atom stereocenters. The lowest BCUT2D eigenvalue weighted by Crippen LogP contribution is -2.29. The third-order valence-corrected chi connectivity index (χ3v) is 6.00. The average Bonchev–Trinajstić information content (AvgIpc) is 2.90. The van der Waals surface area contributed by atoms with Crippen LogP contribution in [0.2, 0.25) is 0 Å². The van der Waals surface area contributed by atoms with E-state index in [0.717, 1.165) is 12.8 Å². The molecular formula is C12H19N3O4S. The highest BCUT2D eigenvalue weighted by Gasteiger charge is 2.57. The molecule has 0 amide bonds. The van der Waals surface area contributed by atoms with Gasteiger partial charge < -0.3 is 9.84 Å². The molecule has 2 aliphatic rings. The van der Waals surface area contributed by atoms with E-state index in [1.54, 1.807) is 11.8 Å². The van der Waals surface area contributed by atoms with Crippen LogP contribution in [0.5, 0.6) is 0 Å². The van der Waals surface area contributed by atoms with E-state index in [1.165, 1.54) is 16.7 Å². The lowest BCUT2D eigenvalue weighted by molar-refractivity contribution is 0.134. The summed E-state index contributed by atoms with van der Waals surface area (Å²) in [6.45, 7) is 1.59. The molecule has 1 aliphatic heterocycles. The zero-order valence-electron chi connectivity index (χ0n) is 11.4. The maximum atomic E-state index is 12.5. The van der Waals surface area contributed by atoms with Gasteiger partial charge in [-0.15, -0.1) is 0 Å². The summed E-state index contributed by atoms with van der Waals surface area (Å²) < 4.78 is 32.9. The van der Waals surface area contributed by atoms with Gasteiger partial charge >= 0.3 is 0 Å². The van der Waals surface area contributed by atoms with Crippen LogP contribution in [0, 0.1) is 5.41 Å². The largest absolute Gasteiger partial charge is 0.391 e. The van der Waals surface area contributed by atoms with Gasteiger partial charge in [0.25, 0.3) is 0 Å². The second-order valence-corrected chi connectivity index (χ2v) is 7.55. The molecule has 1 saturated heterocycles. The summed E-state index contributed by atoms with van der Waals surface area (Å²) in [7, 11) is -1.97. The van der Waals surface area contributed by atoms with Crippen LogP contribution in [0.1, 0.15) is 12.8 Å². The van der Waals surface area contributed by atoms with Crippen LogP contribution in [-0.2, 0) is 21.3 Å². The van der Waals surface area contributed by atoms with Crippen molar-refractivity contribution < 1.29 is 18.3 Å². The van der Waals surface area contributed by atoms with E-state index in [-0.39, 0.29) is 16.9 Å². The van der Waals surface area contributed by atoms with Gasteiger partial charge in [-0.05, 0) is 12.8 Å². The number of β-amino-alcohol motifs (C(OH)–C–C–N with tert-alkyl or cyclic N) is 1. The lowest BCUT2D eigenvalue weighted by atomic mass is 10.0. The molecule has 1 aliphatic carbocycles. The molecular weight excluding hydrogens is 282 g/mol. The van der Waals surface area contributed by atoms with Gasteiger partial charge in [-0.3, -0.25) is 4.68 Å². The van der Waals surface area contributed by atoms with E-state index in [2.05, 4.69) is 5.10 Å². The Hall–Kier alpha value is -0.960. The van der Waals surface area contributed by atoms with Crippen molar-refractivity contribution in [3.8, 4) is 0 Å². The molecule has 2 heterocycles. The van der Waals surface area contributed by atoms with E-state index < -0.39 is 16.1 Å². The molecule has 1 spiro atoms. The average molecular weight is 301 g/mol. The monoisotopic (exact) mass is 301 g/mol. The third kappa shape index (κ3) is 2.26. The standard InChI is InChI=1S/C12H19N3O4S/c1-19-5-4-14-7-10(6-13-14)20(17,18)15-8-11(16)12(9-15)2-3-12/h6-7,11,16H,2-5,8-9H2,1H3. The third-order valence-electron chi connectivity index (χ3n) is 4.24. The van der Waals surface area contributed by atoms with Crippen LogP contribution in [-0.4, -0.2) is 60.5 Å². The summed E-state index contributed by atoms with van der Waals surface area (Å²) in [5.74, 6) is 0. The van der Waals surface area contributed by atoms with Crippen molar-refractivity contribution in [2.24, 2.45) is 5.41 Å². The van der Waals surface area contributed by atoms with E-state index in [0.29, 0.717) is 19.7 Å². The summed E-state index contributed by atoms with van der Waals surface area (Å²) in [4.78, 5) is 0.179. The normalized spacial score (nSPS) is 25.4. The number of aromatic nitrogens is 2. The summed E-state index contributed by atoms with van der Waals surface area (Å²) in [6, 6.07) is 0. The summed E-state index contributed by atoms with van der Waals surface area (Å²) >= 11 is 0. The number of nitrogens with zero attached hydrogens (tertiary/aromatic N) is 3. The molecule has 0 aromatic carbocycles.